The molecule has 86 valence electrons. The van der Waals surface area contributed by atoms with Crippen LogP contribution in [0.4, 0.5) is 4.39 Å². The number of carbonyl (C=O) groups excluding carboxylic acids is 1. The topological polar surface area (TPSA) is 20.3 Å². The van der Waals surface area contributed by atoms with Gasteiger partial charge in [0, 0.05) is 36.9 Å². The third kappa shape index (κ3) is 3.12. The van der Waals surface area contributed by atoms with Gasteiger partial charge in [-0.2, -0.15) is 0 Å². The Morgan fingerprint density at radius 3 is 2.56 bits per heavy atom. The minimum absolute atomic E-state index is 0.225. The van der Waals surface area contributed by atoms with Crippen LogP contribution in [0.1, 0.15) is 18.4 Å². The van der Waals surface area contributed by atoms with Crippen LogP contribution in [-0.2, 0) is 11.3 Å². The Kier molecular flexibility index (Phi) is 3.71. The highest BCUT2D eigenvalue weighted by Gasteiger charge is 2.16. The molecule has 4 heteroatoms. The maximum atomic E-state index is 13.1. The molecule has 0 spiro atoms. The molecule has 2 nitrogen and oxygen atoms in total. The summed E-state index contributed by atoms with van der Waals surface area (Å²) in [5.74, 6) is 0.106. The van der Waals surface area contributed by atoms with Gasteiger partial charge in [-0.25, -0.2) is 4.39 Å². The highest BCUT2D eigenvalue weighted by atomic mass is 79.9. The zero-order chi connectivity index (χ0) is 11.5. The van der Waals surface area contributed by atoms with E-state index in [9.17, 15) is 9.18 Å². The van der Waals surface area contributed by atoms with Gasteiger partial charge in [-0.05, 0) is 23.8 Å². The molecule has 1 aliphatic heterocycles. The Morgan fingerprint density at radius 1 is 1.25 bits per heavy atom. The zero-order valence-corrected chi connectivity index (χ0v) is 10.5. The minimum Gasteiger partial charge on any atom is -0.300 e. The van der Waals surface area contributed by atoms with E-state index in [0.717, 1.165) is 23.1 Å². The number of hydrogen-bond acceptors (Lipinski definition) is 2. The van der Waals surface area contributed by atoms with Crippen LogP contribution in [0.3, 0.4) is 0 Å². The summed E-state index contributed by atoms with van der Waals surface area (Å²) in [5.41, 5.74) is 0.946. The van der Waals surface area contributed by atoms with Crippen LogP contribution in [0.15, 0.2) is 22.7 Å². The smallest absolute Gasteiger partial charge is 0.135 e. The number of likely N-dealkylation sites (tertiary alicyclic amines) is 1. The van der Waals surface area contributed by atoms with Crippen LogP contribution in [0.2, 0.25) is 0 Å². The normalized spacial score (nSPS) is 17.8. The largest absolute Gasteiger partial charge is 0.300 e. The Morgan fingerprint density at radius 2 is 1.94 bits per heavy atom. The predicted molar refractivity (Wildman–Crippen MR) is 63.6 cm³/mol. The van der Waals surface area contributed by atoms with Crippen molar-refractivity contribution in [3.05, 3.63) is 34.1 Å². The number of rotatable bonds is 2. The van der Waals surface area contributed by atoms with Gasteiger partial charge in [0.1, 0.15) is 11.6 Å². The summed E-state index contributed by atoms with van der Waals surface area (Å²) in [5, 5.41) is 0. The summed E-state index contributed by atoms with van der Waals surface area (Å²) in [7, 11) is 0. The van der Waals surface area contributed by atoms with Gasteiger partial charge in [0.2, 0.25) is 0 Å². The molecule has 0 aliphatic carbocycles. The van der Waals surface area contributed by atoms with Crippen molar-refractivity contribution in [3.8, 4) is 0 Å². The standard InChI is InChI=1S/C12H13BrFNO/c13-10-5-9(6-11(14)7-10)8-15-3-1-12(16)2-4-15/h5-7H,1-4,8H2. The van der Waals surface area contributed by atoms with Gasteiger partial charge in [0.05, 0.1) is 0 Å². The first kappa shape index (κ1) is 11.7. The minimum atomic E-state index is -0.225. The van der Waals surface area contributed by atoms with Gasteiger partial charge in [0.25, 0.3) is 0 Å². The molecule has 1 heterocycles. The molecule has 1 fully saturated rings. The van der Waals surface area contributed by atoms with Gasteiger partial charge in [-0.15, -0.1) is 0 Å². The predicted octanol–water partition coefficient (Wildman–Crippen LogP) is 2.75. The number of ketones is 1. The van der Waals surface area contributed by atoms with E-state index in [4.69, 9.17) is 0 Å². The second-order valence-electron chi connectivity index (χ2n) is 4.09. The first-order valence-electron chi connectivity index (χ1n) is 5.32. The number of benzene rings is 1. The molecule has 0 unspecified atom stereocenters. The molecule has 16 heavy (non-hydrogen) atoms. The molecule has 1 aromatic rings. The number of halogens is 2. The number of carbonyl (C=O) groups is 1. The van der Waals surface area contributed by atoms with E-state index < -0.39 is 0 Å². The fourth-order valence-corrected chi connectivity index (χ4v) is 2.43. The Hall–Kier alpha value is -0.740. The molecule has 0 amide bonds. The molecule has 0 aromatic heterocycles. The van der Waals surface area contributed by atoms with Gasteiger partial charge in [0.15, 0.2) is 0 Å². The maximum absolute atomic E-state index is 13.1. The van der Waals surface area contributed by atoms with E-state index in [1.165, 1.54) is 6.07 Å². The van der Waals surface area contributed by atoms with Crippen molar-refractivity contribution in [1.82, 2.24) is 4.90 Å². The third-order valence-electron chi connectivity index (χ3n) is 2.74. The first-order valence-corrected chi connectivity index (χ1v) is 6.12. The Bertz CT molecular complexity index is 378. The van der Waals surface area contributed by atoms with Gasteiger partial charge in [-0.1, -0.05) is 15.9 Å². The summed E-state index contributed by atoms with van der Waals surface area (Å²) in [6.07, 6.45) is 1.24. The van der Waals surface area contributed by atoms with Crippen molar-refractivity contribution in [2.45, 2.75) is 19.4 Å². The summed E-state index contributed by atoms with van der Waals surface area (Å²) < 4.78 is 13.9. The highest BCUT2D eigenvalue weighted by molar-refractivity contribution is 9.10. The average molecular weight is 286 g/mol. The SMILES string of the molecule is O=C1CCN(Cc2cc(F)cc(Br)c2)CC1. The Labute approximate surface area is 103 Å². The lowest BCUT2D eigenvalue weighted by Gasteiger charge is -2.25. The van der Waals surface area contributed by atoms with Gasteiger partial charge >= 0.3 is 0 Å². The lowest BCUT2D eigenvalue weighted by atomic mass is 10.1. The highest BCUT2D eigenvalue weighted by Crippen LogP contribution is 2.17. The molecular weight excluding hydrogens is 273 g/mol. The first-order chi connectivity index (χ1) is 7.63. The van der Waals surface area contributed by atoms with Gasteiger partial charge < -0.3 is 0 Å². The van der Waals surface area contributed by atoms with Crippen LogP contribution in [-0.4, -0.2) is 23.8 Å². The van der Waals surface area contributed by atoms with E-state index in [2.05, 4.69) is 20.8 Å². The summed E-state index contributed by atoms with van der Waals surface area (Å²) >= 11 is 3.27. The van der Waals surface area contributed by atoms with Crippen LogP contribution in [0.5, 0.6) is 0 Å². The van der Waals surface area contributed by atoms with Crippen LogP contribution >= 0.6 is 15.9 Å². The van der Waals surface area contributed by atoms with Crippen molar-refractivity contribution in [2.24, 2.45) is 0 Å². The molecule has 1 aliphatic rings. The molecule has 1 aromatic carbocycles. The van der Waals surface area contributed by atoms with Crippen LogP contribution < -0.4 is 0 Å². The van der Waals surface area contributed by atoms with Crippen LogP contribution in [0, 0.1) is 5.82 Å². The quantitative estimate of drug-likeness (QED) is 0.833. The van der Waals surface area contributed by atoms with Crippen molar-refractivity contribution >= 4 is 21.7 Å². The lowest BCUT2D eigenvalue weighted by molar-refractivity contribution is -0.121. The monoisotopic (exact) mass is 285 g/mol. The number of hydrogen-bond donors (Lipinski definition) is 0. The lowest BCUT2D eigenvalue weighted by Crippen LogP contribution is -2.33. The zero-order valence-electron chi connectivity index (χ0n) is 8.88. The molecule has 0 N–H and O–H groups in total. The third-order valence-corrected chi connectivity index (χ3v) is 3.20. The maximum Gasteiger partial charge on any atom is 0.135 e. The number of piperidine rings is 1. The van der Waals surface area contributed by atoms with Crippen molar-refractivity contribution in [1.29, 1.82) is 0 Å². The van der Waals surface area contributed by atoms with E-state index in [-0.39, 0.29) is 5.82 Å². The summed E-state index contributed by atoms with van der Waals surface area (Å²) in [4.78, 5) is 13.3. The van der Waals surface area contributed by atoms with Crippen molar-refractivity contribution < 1.29 is 9.18 Å². The van der Waals surface area contributed by atoms with Crippen LogP contribution in [0.25, 0.3) is 0 Å². The van der Waals surface area contributed by atoms with E-state index in [1.807, 2.05) is 6.07 Å². The number of Topliss-reactive ketones (excluding diaryl/α,β-unsaturated/α-hetero) is 1. The molecule has 0 atom stereocenters. The van der Waals surface area contributed by atoms with E-state index in [1.54, 1.807) is 6.07 Å². The van der Waals surface area contributed by atoms with E-state index in [0.29, 0.717) is 25.2 Å². The van der Waals surface area contributed by atoms with Crippen molar-refractivity contribution in [3.63, 3.8) is 0 Å². The molecule has 0 bridgehead atoms. The molecule has 1 saturated heterocycles. The molecule has 0 saturated carbocycles. The second kappa shape index (κ2) is 5.06. The fourth-order valence-electron chi connectivity index (χ4n) is 1.92. The van der Waals surface area contributed by atoms with Crippen molar-refractivity contribution in [2.75, 3.05) is 13.1 Å². The summed E-state index contributed by atoms with van der Waals surface area (Å²) in [6.45, 7) is 2.28. The summed E-state index contributed by atoms with van der Waals surface area (Å²) in [6, 6.07) is 4.91. The second-order valence-corrected chi connectivity index (χ2v) is 5.01. The average Bonchev–Trinajstić information content (AvgIpc) is 2.20. The Balaban J connectivity index is 2.00. The van der Waals surface area contributed by atoms with Gasteiger partial charge in [-0.3, -0.25) is 9.69 Å². The fraction of sp³-hybridized carbons (Fsp3) is 0.417. The molecular formula is C12H13BrFNO. The molecule has 0 radical (unpaired) electrons. The molecule has 2 rings (SSSR count). The van der Waals surface area contributed by atoms with E-state index >= 15 is 0 Å². The number of nitrogens with zero attached hydrogens (tertiary/aromatic N) is 1.